The number of aromatic amines is 1. The molecule has 0 fully saturated rings. The zero-order valence-corrected chi connectivity index (χ0v) is 8.95. The number of H-pyrrole nitrogens is 1. The van der Waals surface area contributed by atoms with Crippen molar-refractivity contribution in [3.63, 3.8) is 0 Å². The number of hydrogen-bond donors (Lipinski definition) is 1. The van der Waals surface area contributed by atoms with Crippen molar-refractivity contribution in [3.05, 3.63) is 33.5 Å². The van der Waals surface area contributed by atoms with Crippen LogP contribution >= 0.6 is 23.6 Å². The van der Waals surface area contributed by atoms with Gasteiger partial charge in [-0.2, -0.15) is 10.4 Å². The molecule has 0 radical (unpaired) electrons. The summed E-state index contributed by atoms with van der Waals surface area (Å²) in [6, 6.07) is 5.96. The number of aromatic nitrogens is 2. The lowest BCUT2D eigenvalue weighted by molar-refractivity contribution is 0.628. The first-order valence-corrected chi connectivity index (χ1v) is 5.18. The Kier molecular flexibility index (Phi) is 2.58. The Balaban J connectivity index is 2.59. The van der Waals surface area contributed by atoms with Crippen LogP contribution in [0.15, 0.2) is 18.2 Å². The van der Waals surface area contributed by atoms with Gasteiger partial charge in [0.05, 0.1) is 11.6 Å². The van der Waals surface area contributed by atoms with Crippen molar-refractivity contribution in [2.24, 2.45) is 0 Å². The predicted octanol–water partition coefficient (Wildman–Crippen LogP) is 2.88. The standard InChI is InChI=1S/C9H4FN3S2/c10-7-2-5(4-11)1-6(3-7)8-12-13-9(14)15-8/h1-3H,(H,13,14). The Morgan fingerprint density at radius 2 is 2.27 bits per heavy atom. The summed E-state index contributed by atoms with van der Waals surface area (Å²) < 4.78 is 13.6. The van der Waals surface area contributed by atoms with Gasteiger partial charge in [-0.1, -0.05) is 11.3 Å². The smallest absolute Gasteiger partial charge is 0.176 e. The molecule has 2 rings (SSSR count). The van der Waals surface area contributed by atoms with Crippen molar-refractivity contribution in [2.45, 2.75) is 0 Å². The van der Waals surface area contributed by atoms with Gasteiger partial charge >= 0.3 is 0 Å². The van der Waals surface area contributed by atoms with Crippen molar-refractivity contribution in [1.29, 1.82) is 5.26 Å². The van der Waals surface area contributed by atoms with E-state index in [4.69, 9.17) is 17.5 Å². The Labute approximate surface area is 93.8 Å². The van der Waals surface area contributed by atoms with Crippen LogP contribution in [0.25, 0.3) is 10.6 Å². The summed E-state index contributed by atoms with van der Waals surface area (Å²) in [4.78, 5) is 0. The predicted molar refractivity (Wildman–Crippen MR) is 57.4 cm³/mol. The van der Waals surface area contributed by atoms with Gasteiger partial charge in [-0.3, -0.25) is 5.10 Å². The van der Waals surface area contributed by atoms with E-state index >= 15 is 0 Å². The minimum atomic E-state index is -0.454. The number of nitrogens with one attached hydrogen (secondary N) is 1. The van der Waals surface area contributed by atoms with Crippen LogP contribution in [-0.2, 0) is 0 Å². The summed E-state index contributed by atoms with van der Waals surface area (Å²) in [6.07, 6.45) is 0. The second-order valence-electron chi connectivity index (χ2n) is 2.76. The fourth-order valence-corrected chi connectivity index (χ4v) is 2.01. The lowest BCUT2D eigenvalue weighted by Crippen LogP contribution is -1.83. The highest BCUT2D eigenvalue weighted by molar-refractivity contribution is 7.73. The maximum Gasteiger partial charge on any atom is 0.176 e. The van der Waals surface area contributed by atoms with Gasteiger partial charge in [0.15, 0.2) is 3.95 Å². The van der Waals surface area contributed by atoms with E-state index in [0.717, 1.165) is 0 Å². The van der Waals surface area contributed by atoms with Gasteiger partial charge < -0.3 is 0 Å². The summed E-state index contributed by atoms with van der Waals surface area (Å²) in [6.45, 7) is 0. The normalized spacial score (nSPS) is 9.87. The van der Waals surface area contributed by atoms with Crippen molar-refractivity contribution < 1.29 is 4.39 Å². The van der Waals surface area contributed by atoms with E-state index in [1.807, 2.05) is 6.07 Å². The molecule has 0 unspecified atom stereocenters. The second-order valence-corrected chi connectivity index (χ2v) is 4.42. The maximum atomic E-state index is 13.1. The molecule has 74 valence electrons. The molecule has 6 heteroatoms. The molecule has 0 aliphatic carbocycles. The summed E-state index contributed by atoms with van der Waals surface area (Å²) >= 11 is 6.11. The van der Waals surface area contributed by atoms with Crippen LogP contribution in [-0.4, -0.2) is 10.2 Å². The molecule has 0 spiro atoms. The zero-order valence-electron chi connectivity index (χ0n) is 7.32. The largest absolute Gasteiger partial charge is 0.258 e. The van der Waals surface area contributed by atoms with E-state index < -0.39 is 5.82 Å². The van der Waals surface area contributed by atoms with Crippen LogP contribution in [0.3, 0.4) is 0 Å². The summed E-state index contributed by atoms with van der Waals surface area (Å²) in [5, 5.41) is 15.8. The molecule has 0 amide bonds. The van der Waals surface area contributed by atoms with Gasteiger partial charge in [0.1, 0.15) is 10.8 Å². The van der Waals surface area contributed by atoms with Crippen molar-refractivity contribution in [2.75, 3.05) is 0 Å². The van der Waals surface area contributed by atoms with Crippen molar-refractivity contribution in [3.8, 4) is 16.6 Å². The van der Waals surface area contributed by atoms with Crippen LogP contribution in [0.1, 0.15) is 5.56 Å². The summed E-state index contributed by atoms with van der Waals surface area (Å²) in [5.74, 6) is -0.454. The molecule has 1 aromatic heterocycles. The molecular formula is C9H4FN3S2. The fraction of sp³-hybridized carbons (Fsp3) is 0. The number of nitrogens with zero attached hydrogens (tertiary/aromatic N) is 2. The molecule has 15 heavy (non-hydrogen) atoms. The Hall–Kier alpha value is -1.58. The monoisotopic (exact) mass is 237 g/mol. The lowest BCUT2D eigenvalue weighted by Gasteiger charge is -1.96. The molecule has 0 atom stereocenters. The third-order valence-corrected chi connectivity index (χ3v) is 2.85. The van der Waals surface area contributed by atoms with Crippen LogP contribution in [0, 0.1) is 21.1 Å². The zero-order chi connectivity index (χ0) is 10.8. The molecule has 1 heterocycles. The van der Waals surface area contributed by atoms with Gasteiger partial charge in [-0.15, -0.1) is 0 Å². The van der Waals surface area contributed by atoms with Crippen molar-refractivity contribution in [1.82, 2.24) is 10.2 Å². The van der Waals surface area contributed by atoms with Crippen LogP contribution in [0.4, 0.5) is 4.39 Å². The molecule has 3 nitrogen and oxygen atoms in total. The first-order valence-electron chi connectivity index (χ1n) is 3.95. The van der Waals surface area contributed by atoms with Gasteiger partial charge in [-0.05, 0) is 30.4 Å². The quantitative estimate of drug-likeness (QED) is 0.776. The Morgan fingerprint density at radius 3 is 2.87 bits per heavy atom. The molecule has 0 bridgehead atoms. The van der Waals surface area contributed by atoms with Gasteiger partial charge in [-0.25, -0.2) is 4.39 Å². The third kappa shape index (κ3) is 2.09. The average molecular weight is 237 g/mol. The van der Waals surface area contributed by atoms with Gasteiger partial charge in [0.25, 0.3) is 0 Å². The number of nitriles is 1. The molecule has 1 N–H and O–H groups in total. The lowest BCUT2D eigenvalue weighted by atomic mass is 10.1. The molecule has 0 aliphatic heterocycles. The minimum absolute atomic E-state index is 0.270. The van der Waals surface area contributed by atoms with E-state index in [1.54, 1.807) is 6.07 Å². The topological polar surface area (TPSA) is 52.5 Å². The van der Waals surface area contributed by atoms with E-state index in [0.29, 0.717) is 14.5 Å². The Bertz CT molecular complexity index is 594. The first kappa shape index (κ1) is 9.96. The molecule has 0 aliphatic rings. The van der Waals surface area contributed by atoms with Gasteiger partial charge in [0.2, 0.25) is 0 Å². The highest BCUT2D eigenvalue weighted by Crippen LogP contribution is 2.23. The van der Waals surface area contributed by atoms with Crippen LogP contribution < -0.4 is 0 Å². The fourth-order valence-electron chi connectivity index (χ4n) is 1.13. The minimum Gasteiger partial charge on any atom is -0.258 e. The number of rotatable bonds is 1. The molecular weight excluding hydrogens is 233 g/mol. The van der Waals surface area contributed by atoms with E-state index in [-0.39, 0.29) is 5.56 Å². The number of hydrogen-bond acceptors (Lipinski definition) is 4. The summed E-state index contributed by atoms with van der Waals surface area (Å²) in [5.41, 5.74) is 0.829. The molecule has 0 saturated carbocycles. The molecule has 2 aromatic rings. The molecule has 1 aromatic carbocycles. The van der Waals surface area contributed by atoms with Gasteiger partial charge in [0, 0.05) is 5.56 Å². The molecule has 0 saturated heterocycles. The first-order chi connectivity index (χ1) is 7.19. The maximum absolute atomic E-state index is 13.1. The third-order valence-electron chi connectivity index (χ3n) is 1.71. The van der Waals surface area contributed by atoms with Crippen molar-refractivity contribution >= 4 is 23.6 Å². The highest BCUT2D eigenvalue weighted by atomic mass is 32.1. The van der Waals surface area contributed by atoms with Crippen LogP contribution in [0.5, 0.6) is 0 Å². The number of benzene rings is 1. The Morgan fingerprint density at radius 1 is 1.47 bits per heavy atom. The van der Waals surface area contributed by atoms with Crippen LogP contribution in [0.2, 0.25) is 0 Å². The second kappa shape index (κ2) is 3.88. The van der Waals surface area contributed by atoms with E-state index in [9.17, 15) is 4.39 Å². The summed E-state index contributed by atoms with van der Waals surface area (Å²) in [7, 11) is 0. The highest BCUT2D eigenvalue weighted by Gasteiger charge is 2.05. The van der Waals surface area contributed by atoms with E-state index in [1.165, 1.54) is 23.5 Å². The number of halogens is 1. The van der Waals surface area contributed by atoms with E-state index in [2.05, 4.69) is 10.2 Å². The SMILES string of the molecule is N#Cc1cc(F)cc(-c2n[nH]c(=S)s2)c1. The average Bonchev–Trinajstić information content (AvgIpc) is 2.64.